The number of nitrogens with two attached hydrogens (primary N) is 1. The molecule has 0 bridgehead atoms. The van der Waals surface area contributed by atoms with E-state index >= 15 is 0 Å². The van der Waals surface area contributed by atoms with Gasteiger partial charge in [-0.1, -0.05) is 0 Å². The summed E-state index contributed by atoms with van der Waals surface area (Å²) < 4.78 is 18.7. The van der Waals surface area contributed by atoms with E-state index < -0.39 is 0 Å². The number of anilines is 1. The van der Waals surface area contributed by atoms with Crippen molar-refractivity contribution < 1.29 is 8.81 Å². The van der Waals surface area contributed by atoms with Gasteiger partial charge in [-0.2, -0.15) is 0 Å². The fourth-order valence-electron chi connectivity index (χ4n) is 1.97. The molecule has 0 atom stereocenters. The summed E-state index contributed by atoms with van der Waals surface area (Å²) in [5, 5.41) is 0. The lowest BCUT2D eigenvalue weighted by Crippen LogP contribution is -2.17. The normalized spacial score (nSPS) is 11.1. The number of nitrogens with zero attached hydrogens (tertiary/aromatic N) is 1. The first-order valence-electron chi connectivity index (χ1n) is 5.82. The molecule has 0 radical (unpaired) electrons. The van der Waals surface area contributed by atoms with E-state index in [1.807, 2.05) is 31.0 Å². The molecule has 2 N–H and O–H groups in total. The lowest BCUT2D eigenvalue weighted by molar-refractivity contribution is 0.285. The Kier molecular flexibility index (Phi) is 3.67. The standard InChI is InChI=1S/C14H17FN2O/c1-10-3-4-14(18-10)9-17(2)8-11-5-12(15)7-13(16)6-11/h3-7H,8-9,16H2,1-2H3. The average molecular weight is 248 g/mol. The van der Waals surface area contributed by atoms with Crippen molar-refractivity contribution in [2.24, 2.45) is 0 Å². The molecule has 0 unspecified atom stereocenters. The Labute approximate surface area is 106 Å². The summed E-state index contributed by atoms with van der Waals surface area (Å²) in [6.45, 7) is 3.22. The Morgan fingerprint density at radius 1 is 1.22 bits per heavy atom. The van der Waals surface area contributed by atoms with Gasteiger partial charge in [0, 0.05) is 12.2 Å². The zero-order valence-electron chi connectivity index (χ0n) is 10.6. The zero-order chi connectivity index (χ0) is 13.1. The summed E-state index contributed by atoms with van der Waals surface area (Å²) in [5.41, 5.74) is 6.92. The Bertz CT molecular complexity index is 516. The lowest BCUT2D eigenvalue weighted by atomic mass is 10.2. The Hall–Kier alpha value is -1.81. The van der Waals surface area contributed by atoms with Gasteiger partial charge in [0.25, 0.3) is 0 Å². The number of halogens is 1. The molecule has 0 aliphatic carbocycles. The molecule has 0 saturated carbocycles. The van der Waals surface area contributed by atoms with Crippen LogP contribution in [0.15, 0.2) is 34.7 Å². The van der Waals surface area contributed by atoms with Gasteiger partial charge in [-0.15, -0.1) is 0 Å². The number of furan rings is 1. The van der Waals surface area contributed by atoms with Crippen LogP contribution in [0.1, 0.15) is 17.1 Å². The highest BCUT2D eigenvalue weighted by Crippen LogP contribution is 2.14. The van der Waals surface area contributed by atoms with Crippen LogP contribution in [0.3, 0.4) is 0 Å². The van der Waals surface area contributed by atoms with Gasteiger partial charge in [0.2, 0.25) is 0 Å². The molecule has 18 heavy (non-hydrogen) atoms. The van der Waals surface area contributed by atoms with Crippen molar-refractivity contribution >= 4 is 5.69 Å². The van der Waals surface area contributed by atoms with Crippen LogP contribution in [0.25, 0.3) is 0 Å². The van der Waals surface area contributed by atoms with E-state index in [0.29, 0.717) is 18.8 Å². The molecule has 0 fully saturated rings. The fourth-order valence-corrected chi connectivity index (χ4v) is 1.97. The molecule has 2 aromatic rings. The van der Waals surface area contributed by atoms with E-state index in [1.54, 1.807) is 6.07 Å². The first kappa shape index (κ1) is 12.6. The van der Waals surface area contributed by atoms with E-state index in [0.717, 1.165) is 17.1 Å². The molecule has 2 rings (SSSR count). The summed E-state index contributed by atoms with van der Waals surface area (Å²) in [6.07, 6.45) is 0. The van der Waals surface area contributed by atoms with Crippen molar-refractivity contribution in [1.82, 2.24) is 4.90 Å². The van der Waals surface area contributed by atoms with Gasteiger partial charge in [0.1, 0.15) is 17.3 Å². The van der Waals surface area contributed by atoms with Gasteiger partial charge in [0.05, 0.1) is 6.54 Å². The number of hydrogen-bond donors (Lipinski definition) is 1. The van der Waals surface area contributed by atoms with E-state index in [2.05, 4.69) is 0 Å². The molecule has 0 aliphatic heterocycles. The van der Waals surface area contributed by atoms with Crippen molar-refractivity contribution in [1.29, 1.82) is 0 Å². The third kappa shape index (κ3) is 3.34. The summed E-state index contributed by atoms with van der Waals surface area (Å²) in [6, 6.07) is 8.49. The van der Waals surface area contributed by atoms with Crippen LogP contribution < -0.4 is 5.73 Å². The number of hydrogen-bond acceptors (Lipinski definition) is 3. The van der Waals surface area contributed by atoms with Crippen LogP contribution in [0.2, 0.25) is 0 Å². The zero-order valence-corrected chi connectivity index (χ0v) is 10.6. The summed E-state index contributed by atoms with van der Waals surface area (Å²) >= 11 is 0. The monoisotopic (exact) mass is 248 g/mol. The number of aryl methyl sites for hydroxylation is 1. The van der Waals surface area contributed by atoms with Gasteiger partial charge < -0.3 is 10.2 Å². The third-order valence-corrected chi connectivity index (χ3v) is 2.65. The summed E-state index contributed by atoms with van der Waals surface area (Å²) in [5.74, 6) is 1.50. The van der Waals surface area contributed by atoms with E-state index in [1.165, 1.54) is 12.1 Å². The van der Waals surface area contributed by atoms with E-state index in [4.69, 9.17) is 10.2 Å². The maximum absolute atomic E-state index is 13.2. The van der Waals surface area contributed by atoms with E-state index in [-0.39, 0.29) is 5.82 Å². The van der Waals surface area contributed by atoms with Crippen LogP contribution in [-0.4, -0.2) is 11.9 Å². The van der Waals surface area contributed by atoms with Gasteiger partial charge in [0.15, 0.2) is 0 Å². The van der Waals surface area contributed by atoms with Crippen LogP contribution in [-0.2, 0) is 13.1 Å². The Morgan fingerprint density at radius 2 is 2.00 bits per heavy atom. The highest BCUT2D eigenvalue weighted by atomic mass is 19.1. The fraction of sp³-hybridized carbons (Fsp3) is 0.286. The second-order valence-electron chi connectivity index (χ2n) is 4.58. The molecular weight excluding hydrogens is 231 g/mol. The predicted octanol–water partition coefficient (Wildman–Crippen LogP) is 2.94. The Morgan fingerprint density at radius 3 is 2.61 bits per heavy atom. The van der Waals surface area contributed by atoms with Crippen molar-refractivity contribution in [3.05, 3.63) is 53.2 Å². The van der Waals surface area contributed by atoms with Crippen LogP contribution >= 0.6 is 0 Å². The minimum atomic E-state index is -0.299. The van der Waals surface area contributed by atoms with Gasteiger partial charge >= 0.3 is 0 Å². The predicted molar refractivity (Wildman–Crippen MR) is 69.4 cm³/mol. The summed E-state index contributed by atoms with van der Waals surface area (Å²) in [7, 11) is 1.96. The molecule has 0 saturated heterocycles. The smallest absolute Gasteiger partial charge is 0.125 e. The maximum atomic E-state index is 13.2. The number of benzene rings is 1. The molecule has 3 nitrogen and oxygen atoms in total. The van der Waals surface area contributed by atoms with Gasteiger partial charge in [-0.3, -0.25) is 4.90 Å². The van der Waals surface area contributed by atoms with Gasteiger partial charge in [-0.05, 0) is 49.9 Å². The van der Waals surface area contributed by atoms with Crippen molar-refractivity contribution in [3.8, 4) is 0 Å². The quantitative estimate of drug-likeness (QED) is 0.846. The highest BCUT2D eigenvalue weighted by Gasteiger charge is 2.06. The maximum Gasteiger partial charge on any atom is 0.125 e. The molecule has 1 aromatic carbocycles. The average Bonchev–Trinajstić information content (AvgIpc) is 2.61. The number of nitrogen functional groups attached to an aromatic ring is 1. The van der Waals surface area contributed by atoms with Crippen LogP contribution in [0, 0.1) is 12.7 Å². The lowest BCUT2D eigenvalue weighted by Gasteiger charge is -2.15. The first-order valence-corrected chi connectivity index (χ1v) is 5.82. The topological polar surface area (TPSA) is 42.4 Å². The van der Waals surface area contributed by atoms with E-state index in [9.17, 15) is 4.39 Å². The third-order valence-electron chi connectivity index (χ3n) is 2.65. The SMILES string of the molecule is Cc1ccc(CN(C)Cc2cc(N)cc(F)c2)o1. The molecule has 96 valence electrons. The molecule has 0 aliphatic rings. The molecule has 1 heterocycles. The largest absolute Gasteiger partial charge is 0.465 e. The minimum Gasteiger partial charge on any atom is -0.465 e. The molecule has 0 spiro atoms. The molecular formula is C14H17FN2O. The minimum absolute atomic E-state index is 0.299. The second kappa shape index (κ2) is 5.23. The second-order valence-corrected chi connectivity index (χ2v) is 4.58. The molecule has 1 aromatic heterocycles. The Balaban J connectivity index is 2.00. The first-order chi connectivity index (χ1) is 8.52. The van der Waals surface area contributed by atoms with Crippen molar-refractivity contribution in [2.45, 2.75) is 20.0 Å². The highest BCUT2D eigenvalue weighted by molar-refractivity contribution is 5.41. The van der Waals surface area contributed by atoms with Crippen molar-refractivity contribution in [3.63, 3.8) is 0 Å². The number of rotatable bonds is 4. The van der Waals surface area contributed by atoms with Crippen LogP contribution in [0.5, 0.6) is 0 Å². The molecule has 0 amide bonds. The van der Waals surface area contributed by atoms with Gasteiger partial charge in [-0.25, -0.2) is 4.39 Å². The van der Waals surface area contributed by atoms with Crippen LogP contribution in [0.4, 0.5) is 10.1 Å². The summed E-state index contributed by atoms with van der Waals surface area (Å²) in [4.78, 5) is 2.05. The van der Waals surface area contributed by atoms with Crippen molar-refractivity contribution in [2.75, 3.05) is 12.8 Å². The molecule has 4 heteroatoms.